The van der Waals surface area contributed by atoms with Crippen molar-refractivity contribution in [1.29, 1.82) is 0 Å². The van der Waals surface area contributed by atoms with E-state index in [2.05, 4.69) is 15.0 Å². The maximum absolute atomic E-state index is 15.1. The van der Waals surface area contributed by atoms with Crippen molar-refractivity contribution < 1.29 is 37.4 Å². The van der Waals surface area contributed by atoms with Crippen molar-refractivity contribution in [2.24, 2.45) is 0 Å². The molecule has 2 aliphatic rings. The molecular weight excluding hydrogens is 516 g/mol. The Bertz CT molecular complexity index is 1220. The Labute approximate surface area is 223 Å². The minimum absolute atomic E-state index is 0.00519. The molecule has 2 atom stereocenters. The highest BCUT2D eigenvalue weighted by molar-refractivity contribution is 5.96. The number of halogens is 2. The van der Waals surface area contributed by atoms with Crippen molar-refractivity contribution in [2.45, 2.75) is 31.9 Å². The highest BCUT2D eigenvalue weighted by Gasteiger charge is 2.34. The number of carbonyl (C=O) groups excluding carboxylic acids is 4. The van der Waals surface area contributed by atoms with Crippen LogP contribution in [0, 0.1) is 11.6 Å². The van der Waals surface area contributed by atoms with Crippen molar-refractivity contribution in [3.05, 3.63) is 53.9 Å². The summed E-state index contributed by atoms with van der Waals surface area (Å²) in [6.45, 7) is 2.34. The van der Waals surface area contributed by atoms with Crippen molar-refractivity contribution in [3.8, 4) is 0 Å². The number of cyclic esters (lactones) is 1. The first-order chi connectivity index (χ1) is 18.7. The quantitative estimate of drug-likeness (QED) is 0.501. The maximum Gasteiger partial charge on any atom is 0.414 e. The number of nitrogens with one attached hydrogen (secondary N) is 1. The van der Waals surface area contributed by atoms with Crippen LogP contribution in [0.25, 0.3) is 0 Å². The molecule has 0 aliphatic carbocycles. The molecule has 1 N–H and O–H groups in total. The van der Waals surface area contributed by atoms with Crippen LogP contribution < -0.4 is 15.1 Å². The lowest BCUT2D eigenvalue weighted by Crippen LogP contribution is -2.54. The monoisotopic (exact) mass is 545 g/mol. The Morgan fingerprint density at radius 3 is 2.46 bits per heavy atom. The summed E-state index contributed by atoms with van der Waals surface area (Å²) >= 11 is 0. The number of piperazine rings is 1. The Morgan fingerprint density at radius 2 is 1.85 bits per heavy atom. The van der Waals surface area contributed by atoms with Gasteiger partial charge >= 0.3 is 12.1 Å². The molecule has 208 valence electrons. The van der Waals surface area contributed by atoms with Crippen LogP contribution in [0.1, 0.15) is 30.3 Å². The lowest BCUT2D eigenvalue weighted by Gasteiger charge is -2.37. The second-order valence-corrected chi connectivity index (χ2v) is 9.21. The number of amides is 3. The summed E-state index contributed by atoms with van der Waals surface area (Å²) in [6, 6.07) is 6.20. The van der Waals surface area contributed by atoms with E-state index in [1.54, 1.807) is 19.1 Å². The number of carbonyl (C=O) groups is 4. The molecule has 2 saturated heterocycles. The summed E-state index contributed by atoms with van der Waals surface area (Å²) in [5, 5.41) is 2.62. The number of benzene rings is 1. The topological polar surface area (TPSA) is 121 Å². The van der Waals surface area contributed by atoms with Crippen molar-refractivity contribution >= 4 is 35.3 Å². The average Bonchev–Trinajstić information content (AvgIpc) is 3.32. The average molecular weight is 546 g/mol. The molecule has 13 heteroatoms. The van der Waals surface area contributed by atoms with E-state index in [4.69, 9.17) is 4.74 Å². The summed E-state index contributed by atoms with van der Waals surface area (Å²) in [6.07, 6.45) is 0.393. The predicted octanol–water partition coefficient (Wildman–Crippen LogP) is 2.11. The Hall–Kier alpha value is -4.29. The van der Waals surface area contributed by atoms with Gasteiger partial charge in [-0.15, -0.1) is 0 Å². The largest absolute Gasteiger partial charge is 0.469 e. The Morgan fingerprint density at radius 1 is 1.15 bits per heavy atom. The highest BCUT2D eigenvalue weighted by Crippen LogP contribution is 2.32. The molecule has 1 aromatic heterocycles. The van der Waals surface area contributed by atoms with E-state index in [9.17, 15) is 19.2 Å². The van der Waals surface area contributed by atoms with Crippen LogP contribution >= 0.6 is 0 Å². The third-order valence-electron chi connectivity index (χ3n) is 6.61. The van der Waals surface area contributed by atoms with Crippen LogP contribution in [0.2, 0.25) is 0 Å². The smallest absolute Gasteiger partial charge is 0.414 e. The zero-order valence-corrected chi connectivity index (χ0v) is 21.6. The fourth-order valence-electron chi connectivity index (χ4n) is 4.53. The van der Waals surface area contributed by atoms with Crippen LogP contribution in [0.4, 0.5) is 25.0 Å². The molecule has 11 nitrogen and oxygen atoms in total. The molecule has 2 aliphatic heterocycles. The fraction of sp³-hybridized carbons (Fsp3) is 0.423. The zero-order chi connectivity index (χ0) is 28.1. The Balaban J connectivity index is 1.34. The minimum atomic E-state index is -0.855. The fourth-order valence-corrected chi connectivity index (χ4v) is 4.53. The van der Waals surface area contributed by atoms with Gasteiger partial charge in [0.25, 0.3) is 5.91 Å². The number of hydrogen-bond acceptors (Lipinski definition) is 8. The number of nitrogens with zero attached hydrogens (tertiary/aromatic N) is 4. The van der Waals surface area contributed by atoms with Gasteiger partial charge < -0.3 is 24.6 Å². The van der Waals surface area contributed by atoms with Gasteiger partial charge in [-0.25, -0.2) is 13.6 Å². The molecule has 2 fully saturated rings. The van der Waals surface area contributed by atoms with Gasteiger partial charge in [-0.2, -0.15) is 0 Å². The van der Waals surface area contributed by atoms with E-state index < -0.39 is 41.7 Å². The lowest BCUT2D eigenvalue weighted by atomic mass is 10.1. The number of pyridine rings is 1. The summed E-state index contributed by atoms with van der Waals surface area (Å²) in [5.41, 5.74) is -0.0574. The summed E-state index contributed by atoms with van der Waals surface area (Å²) in [4.78, 5) is 56.9. The van der Waals surface area contributed by atoms with Gasteiger partial charge in [0.2, 0.25) is 5.91 Å². The van der Waals surface area contributed by atoms with E-state index in [1.807, 2.05) is 0 Å². The highest BCUT2D eigenvalue weighted by atomic mass is 19.1. The van der Waals surface area contributed by atoms with Gasteiger partial charge in [0.05, 0.1) is 19.3 Å². The first-order valence-electron chi connectivity index (χ1n) is 12.5. The van der Waals surface area contributed by atoms with Crippen LogP contribution in [0.15, 0.2) is 36.5 Å². The van der Waals surface area contributed by atoms with Crippen molar-refractivity contribution in [3.63, 3.8) is 0 Å². The van der Waals surface area contributed by atoms with Gasteiger partial charge in [-0.1, -0.05) is 6.07 Å². The van der Waals surface area contributed by atoms with Crippen LogP contribution in [0.5, 0.6) is 0 Å². The summed E-state index contributed by atoms with van der Waals surface area (Å²) in [5.74, 6) is -2.95. The molecule has 0 radical (unpaired) electrons. The van der Waals surface area contributed by atoms with Crippen molar-refractivity contribution in [2.75, 3.05) is 49.6 Å². The molecule has 0 bridgehead atoms. The normalized spacial score (nSPS) is 18.0. The SMILES string of the molecule is COC(=O)CC[C@H]1CN(c2cc(F)c(N3CCN(C(=O)[C@H](C)NC(=O)c4ccccn4)CC3)c(F)c2)C(=O)O1. The third-order valence-corrected chi connectivity index (χ3v) is 6.61. The number of anilines is 2. The van der Waals surface area contributed by atoms with Gasteiger partial charge in [0, 0.05) is 50.9 Å². The predicted molar refractivity (Wildman–Crippen MR) is 135 cm³/mol. The molecule has 0 unspecified atom stereocenters. The molecule has 3 heterocycles. The van der Waals surface area contributed by atoms with Gasteiger partial charge in [-0.3, -0.25) is 24.3 Å². The van der Waals surface area contributed by atoms with Crippen LogP contribution in [0.3, 0.4) is 0 Å². The molecular formula is C26H29F2N5O6. The van der Waals surface area contributed by atoms with Gasteiger partial charge in [0.15, 0.2) is 11.6 Å². The molecule has 0 spiro atoms. The van der Waals surface area contributed by atoms with Crippen molar-refractivity contribution in [1.82, 2.24) is 15.2 Å². The van der Waals surface area contributed by atoms with Crippen LogP contribution in [-0.2, 0) is 19.1 Å². The van der Waals surface area contributed by atoms with E-state index >= 15 is 8.78 Å². The first kappa shape index (κ1) is 27.7. The molecule has 1 aromatic carbocycles. The van der Waals surface area contributed by atoms with Crippen LogP contribution in [-0.4, -0.2) is 85.7 Å². The second kappa shape index (κ2) is 12.0. The number of ether oxygens (including phenoxy) is 2. The number of methoxy groups -OCH3 is 1. The summed E-state index contributed by atoms with van der Waals surface area (Å²) < 4.78 is 40.0. The molecule has 39 heavy (non-hydrogen) atoms. The molecule has 4 rings (SSSR count). The molecule has 3 amide bonds. The second-order valence-electron chi connectivity index (χ2n) is 9.21. The van der Waals surface area contributed by atoms with E-state index in [0.717, 1.165) is 17.0 Å². The summed E-state index contributed by atoms with van der Waals surface area (Å²) in [7, 11) is 1.26. The van der Waals surface area contributed by atoms with Gasteiger partial charge in [-0.05, 0) is 25.5 Å². The Kier molecular flexibility index (Phi) is 8.57. The van der Waals surface area contributed by atoms with E-state index in [0.29, 0.717) is 0 Å². The lowest BCUT2D eigenvalue weighted by molar-refractivity contribution is -0.141. The number of aromatic nitrogens is 1. The number of rotatable bonds is 8. The van der Waals surface area contributed by atoms with E-state index in [1.165, 1.54) is 29.2 Å². The standard InChI is InChI=1S/C26H29F2N5O6/c1-16(30-24(35)21-5-3-4-8-29-21)25(36)32-11-9-31(10-12-32)23-19(27)13-17(14-20(23)28)33-15-18(39-26(33)37)6-7-22(34)38-2/h3-5,8,13-14,16,18H,6-7,9-12,15H2,1-2H3,(H,30,35)/t16-,18-/m0/s1. The maximum atomic E-state index is 15.1. The minimum Gasteiger partial charge on any atom is -0.469 e. The zero-order valence-electron chi connectivity index (χ0n) is 21.6. The molecule has 2 aromatic rings. The third kappa shape index (κ3) is 6.41. The number of hydrogen-bond donors (Lipinski definition) is 1. The van der Waals surface area contributed by atoms with E-state index in [-0.39, 0.29) is 68.5 Å². The molecule has 0 saturated carbocycles. The first-order valence-corrected chi connectivity index (χ1v) is 12.5. The van der Waals surface area contributed by atoms with Gasteiger partial charge in [0.1, 0.15) is 23.5 Å². The number of esters is 1.